The third-order valence-corrected chi connectivity index (χ3v) is 4.80. The first-order chi connectivity index (χ1) is 11.8. The molecule has 1 N–H and O–H groups in total. The Bertz CT molecular complexity index is 547. The molecule has 0 spiro atoms. The fourth-order valence-corrected chi connectivity index (χ4v) is 2.78. The molecule has 0 unspecified atom stereocenters. The molecule has 1 rings (SSSR count). The molecule has 0 aromatic heterocycles. The van der Waals surface area contributed by atoms with Crippen molar-refractivity contribution in [3.05, 3.63) is 23.3 Å². The molecule has 0 heterocycles. The minimum absolute atomic E-state index is 0.0968. The zero-order valence-corrected chi connectivity index (χ0v) is 17.0. The van der Waals surface area contributed by atoms with Crippen LogP contribution in [0.5, 0.6) is 5.75 Å². The van der Waals surface area contributed by atoms with Gasteiger partial charge in [0.2, 0.25) is 0 Å². The number of ether oxygens (including phenoxy) is 2. The molecule has 1 aromatic rings. The zero-order valence-electron chi connectivity index (χ0n) is 17.0. The summed E-state index contributed by atoms with van der Waals surface area (Å²) in [6, 6.07) is 3.93. The van der Waals surface area contributed by atoms with Gasteiger partial charge in [-0.2, -0.15) is 0 Å². The van der Waals surface area contributed by atoms with E-state index < -0.39 is 5.60 Å². The topological polar surface area (TPSA) is 47.6 Å². The molecule has 1 aromatic carbocycles. The number of carbonyl (C=O) groups is 1. The van der Waals surface area contributed by atoms with Gasteiger partial charge in [-0.05, 0) is 63.8 Å². The highest BCUT2D eigenvalue weighted by Gasteiger charge is 2.32. The summed E-state index contributed by atoms with van der Waals surface area (Å²) in [5, 5.41) is 3.02. The van der Waals surface area contributed by atoms with Gasteiger partial charge in [0.15, 0.2) is 0 Å². The summed E-state index contributed by atoms with van der Waals surface area (Å²) in [5.41, 5.74) is 2.04. The van der Waals surface area contributed by atoms with Crippen LogP contribution in [0.25, 0.3) is 0 Å². The van der Waals surface area contributed by atoms with E-state index in [4.69, 9.17) is 9.47 Å². The number of hydrogen-bond acceptors (Lipinski definition) is 3. The van der Waals surface area contributed by atoms with E-state index in [-0.39, 0.29) is 12.0 Å². The number of methoxy groups -OCH3 is 1. The summed E-state index contributed by atoms with van der Waals surface area (Å²) in [7, 11) is 1.60. The lowest BCUT2D eigenvalue weighted by Crippen LogP contribution is -2.42. The molecule has 4 nitrogen and oxygen atoms in total. The number of carbonyl (C=O) groups excluding carboxylic acids is 1. The van der Waals surface area contributed by atoms with Gasteiger partial charge in [0.25, 0.3) is 5.91 Å². The second-order valence-corrected chi connectivity index (χ2v) is 7.12. The van der Waals surface area contributed by atoms with Gasteiger partial charge in [0.05, 0.1) is 6.10 Å². The van der Waals surface area contributed by atoms with E-state index in [2.05, 4.69) is 26.1 Å². The predicted octanol–water partition coefficient (Wildman–Crippen LogP) is 5.40. The third-order valence-electron chi connectivity index (χ3n) is 4.80. The maximum absolute atomic E-state index is 12.7. The van der Waals surface area contributed by atoms with E-state index in [1.807, 2.05) is 32.9 Å². The molecule has 0 aliphatic rings. The second kappa shape index (κ2) is 9.81. The highest BCUT2D eigenvalue weighted by molar-refractivity contribution is 5.97. The molecule has 4 heteroatoms. The highest BCUT2D eigenvalue weighted by Crippen LogP contribution is 2.29. The molecule has 0 radical (unpaired) electrons. The Balaban J connectivity index is 2.89. The Labute approximate surface area is 153 Å². The molecular formula is C21H35NO3. The van der Waals surface area contributed by atoms with Gasteiger partial charge in [0.1, 0.15) is 11.4 Å². The number of rotatable bonds is 10. The largest absolute Gasteiger partial charge is 0.490 e. The van der Waals surface area contributed by atoms with E-state index in [0.29, 0.717) is 0 Å². The number of aryl methyl sites for hydroxylation is 2. The molecule has 0 saturated heterocycles. The van der Waals surface area contributed by atoms with Gasteiger partial charge in [-0.25, -0.2) is 0 Å². The van der Waals surface area contributed by atoms with Crippen LogP contribution in [0.2, 0.25) is 0 Å². The van der Waals surface area contributed by atoms with Gasteiger partial charge < -0.3 is 14.8 Å². The van der Waals surface area contributed by atoms with Crippen LogP contribution in [0.15, 0.2) is 12.1 Å². The first-order valence-electron chi connectivity index (χ1n) is 9.41. The summed E-state index contributed by atoms with van der Waals surface area (Å²) < 4.78 is 11.5. The monoisotopic (exact) mass is 349 g/mol. The van der Waals surface area contributed by atoms with Gasteiger partial charge in [-0.1, -0.05) is 33.1 Å². The number of hydrogen-bond donors (Lipinski definition) is 1. The van der Waals surface area contributed by atoms with E-state index >= 15 is 0 Å². The lowest BCUT2D eigenvalue weighted by atomic mass is 9.96. The maximum atomic E-state index is 12.7. The van der Waals surface area contributed by atoms with Crippen molar-refractivity contribution in [2.75, 3.05) is 12.4 Å². The van der Waals surface area contributed by atoms with Crippen LogP contribution in [0.3, 0.4) is 0 Å². The van der Waals surface area contributed by atoms with Gasteiger partial charge >= 0.3 is 0 Å². The quantitative estimate of drug-likeness (QED) is 0.575. The number of anilines is 1. The zero-order chi connectivity index (χ0) is 19.0. The Kier molecular flexibility index (Phi) is 8.43. The molecule has 142 valence electrons. The summed E-state index contributed by atoms with van der Waals surface area (Å²) in [5.74, 6) is 0.810. The van der Waals surface area contributed by atoms with Crippen LogP contribution in [0, 0.1) is 13.8 Å². The minimum atomic E-state index is -0.803. The van der Waals surface area contributed by atoms with E-state index in [0.717, 1.165) is 54.7 Å². The fourth-order valence-electron chi connectivity index (χ4n) is 2.78. The molecular weight excluding hydrogens is 314 g/mol. The normalized spacial score (nSPS) is 14.7. The Morgan fingerprint density at radius 3 is 2.28 bits per heavy atom. The minimum Gasteiger partial charge on any atom is -0.490 e. The lowest BCUT2D eigenvalue weighted by molar-refractivity contribution is -0.136. The molecule has 2 atom stereocenters. The van der Waals surface area contributed by atoms with Crippen molar-refractivity contribution in [2.45, 2.75) is 85.4 Å². The molecule has 1 amide bonds. The van der Waals surface area contributed by atoms with Crippen LogP contribution >= 0.6 is 0 Å². The number of unbranched alkanes of at least 4 members (excludes halogenated alkanes) is 2. The van der Waals surface area contributed by atoms with Crippen molar-refractivity contribution in [3.8, 4) is 5.75 Å². The van der Waals surface area contributed by atoms with E-state index in [1.165, 1.54) is 0 Å². The summed E-state index contributed by atoms with van der Waals surface area (Å²) in [6.45, 7) is 12.2. The SMILES string of the molecule is CCCCC[C@@](C)(OC)C(=O)Nc1cc(C)c(O[C@@H](C)CC)c(C)c1. The van der Waals surface area contributed by atoms with Crippen molar-refractivity contribution in [3.63, 3.8) is 0 Å². The standard InChI is InChI=1S/C21H35NO3/c1-8-10-11-12-21(6,24-7)20(23)22-18-13-15(3)19(16(4)14-18)25-17(5)9-2/h13-14,17H,8-12H2,1-7H3,(H,22,23)/t17-,21+/m0/s1. The lowest BCUT2D eigenvalue weighted by Gasteiger charge is -2.27. The van der Waals surface area contributed by atoms with Crippen LogP contribution in [-0.2, 0) is 9.53 Å². The average molecular weight is 350 g/mol. The highest BCUT2D eigenvalue weighted by atomic mass is 16.5. The van der Waals surface area contributed by atoms with Crippen molar-refractivity contribution >= 4 is 11.6 Å². The number of benzene rings is 1. The van der Waals surface area contributed by atoms with Crippen LogP contribution in [-0.4, -0.2) is 24.7 Å². The predicted molar refractivity (Wildman–Crippen MR) is 104 cm³/mol. The maximum Gasteiger partial charge on any atom is 0.256 e. The average Bonchev–Trinajstić information content (AvgIpc) is 2.57. The molecule has 0 bridgehead atoms. The Morgan fingerprint density at radius 2 is 1.80 bits per heavy atom. The van der Waals surface area contributed by atoms with Crippen molar-refractivity contribution in [1.29, 1.82) is 0 Å². The van der Waals surface area contributed by atoms with Crippen molar-refractivity contribution < 1.29 is 14.3 Å². The van der Waals surface area contributed by atoms with E-state index in [1.54, 1.807) is 7.11 Å². The second-order valence-electron chi connectivity index (χ2n) is 7.12. The number of amides is 1. The van der Waals surface area contributed by atoms with Gasteiger partial charge in [-0.15, -0.1) is 0 Å². The molecule has 0 aliphatic carbocycles. The summed E-state index contributed by atoms with van der Waals surface area (Å²) >= 11 is 0. The fraction of sp³-hybridized carbons (Fsp3) is 0.667. The van der Waals surface area contributed by atoms with Crippen LogP contribution < -0.4 is 10.1 Å². The van der Waals surface area contributed by atoms with Crippen LogP contribution in [0.4, 0.5) is 5.69 Å². The smallest absolute Gasteiger partial charge is 0.256 e. The van der Waals surface area contributed by atoms with Crippen molar-refractivity contribution in [1.82, 2.24) is 0 Å². The molecule has 25 heavy (non-hydrogen) atoms. The van der Waals surface area contributed by atoms with Gasteiger partial charge in [-0.3, -0.25) is 4.79 Å². The molecule has 0 aliphatic heterocycles. The van der Waals surface area contributed by atoms with Crippen molar-refractivity contribution in [2.24, 2.45) is 0 Å². The number of nitrogens with one attached hydrogen (secondary N) is 1. The molecule has 0 saturated carbocycles. The van der Waals surface area contributed by atoms with Gasteiger partial charge in [0, 0.05) is 12.8 Å². The Morgan fingerprint density at radius 1 is 1.20 bits per heavy atom. The molecule has 0 fully saturated rings. The van der Waals surface area contributed by atoms with Crippen LogP contribution in [0.1, 0.15) is 70.9 Å². The Hall–Kier alpha value is -1.55. The first kappa shape index (κ1) is 21.5. The summed E-state index contributed by atoms with van der Waals surface area (Å²) in [6.07, 6.45) is 5.06. The third kappa shape index (κ3) is 6.03. The summed E-state index contributed by atoms with van der Waals surface area (Å²) in [4.78, 5) is 12.7. The first-order valence-corrected chi connectivity index (χ1v) is 9.41. The van der Waals surface area contributed by atoms with E-state index in [9.17, 15) is 4.79 Å².